The number of rotatable bonds is 7. The summed E-state index contributed by atoms with van der Waals surface area (Å²) in [4.78, 5) is 23.9. The smallest absolute Gasteiger partial charge is 0.335 e. The van der Waals surface area contributed by atoms with Crippen molar-refractivity contribution in [1.82, 2.24) is 19.5 Å². The highest BCUT2D eigenvalue weighted by atomic mass is 16.5. The summed E-state index contributed by atoms with van der Waals surface area (Å²) in [5, 5.41) is 9.11. The van der Waals surface area contributed by atoms with Gasteiger partial charge in [0.25, 0.3) is 0 Å². The molecule has 130 valence electrons. The van der Waals surface area contributed by atoms with Crippen LogP contribution >= 0.6 is 0 Å². The lowest BCUT2D eigenvalue weighted by Gasteiger charge is -2.07. The molecule has 8 nitrogen and oxygen atoms in total. The highest BCUT2D eigenvalue weighted by Crippen LogP contribution is 2.20. The Morgan fingerprint density at radius 2 is 2.20 bits per heavy atom. The number of hydrogen-bond acceptors (Lipinski definition) is 6. The fourth-order valence-electron chi connectivity index (χ4n) is 2.43. The van der Waals surface area contributed by atoms with Crippen LogP contribution in [0.5, 0.6) is 6.01 Å². The molecule has 0 unspecified atom stereocenters. The third kappa shape index (κ3) is 3.68. The second-order valence-corrected chi connectivity index (χ2v) is 5.64. The van der Waals surface area contributed by atoms with Gasteiger partial charge in [0.05, 0.1) is 25.0 Å². The van der Waals surface area contributed by atoms with Gasteiger partial charge in [0, 0.05) is 0 Å². The number of nitrogens with two attached hydrogens (primary N) is 1. The number of carboxylic acids is 1. The summed E-state index contributed by atoms with van der Waals surface area (Å²) in [5.41, 5.74) is 8.06. The predicted octanol–water partition coefficient (Wildman–Crippen LogP) is 2.33. The van der Waals surface area contributed by atoms with Gasteiger partial charge >= 0.3 is 12.0 Å². The van der Waals surface area contributed by atoms with Crippen molar-refractivity contribution < 1.29 is 14.6 Å². The molecule has 0 radical (unpaired) electrons. The van der Waals surface area contributed by atoms with E-state index >= 15 is 0 Å². The molecular weight excluding hydrogens is 322 g/mol. The van der Waals surface area contributed by atoms with Gasteiger partial charge < -0.3 is 20.1 Å². The number of hydrogen-bond donors (Lipinski definition) is 2. The molecule has 3 aromatic rings. The van der Waals surface area contributed by atoms with Crippen LogP contribution in [0.2, 0.25) is 0 Å². The van der Waals surface area contributed by atoms with E-state index in [4.69, 9.17) is 15.6 Å². The number of aromatic nitrogens is 4. The van der Waals surface area contributed by atoms with E-state index in [0.717, 1.165) is 18.4 Å². The number of aromatic carboxylic acids is 1. The minimum absolute atomic E-state index is 0.222. The molecule has 8 heteroatoms. The standard InChI is InChI=1S/C17H19N5O3/c1-2-3-7-25-17-20-14(18)13-15(21-17)22(10-19-13)9-11-5-4-6-12(8-11)16(23)24/h4-6,8,10H,2-3,7,9H2,1H3,(H,23,24)(H2,18,20,21). The molecule has 25 heavy (non-hydrogen) atoms. The number of ether oxygens (including phenoxy) is 1. The van der Waals surface area contributed by atoms with Crippen molar-refractivity contribution in [2.75, 3.05) is 12.3 Å². The van der Waals surface area contributed by atoms with E-state index in [-0.39, 0.29) is 17.4 Å². The average molecular weight is 341 g/mol. The van der Waals surface area contributed by atoms with Crippen LogP contribution in [0.4, 0.5) is 5.82 Å². The maximum absolute atomic E-state index is 11.1. The number of imidazole rings is 1. The van der Waals surface area contributed by atoms with Gasteiger partial charge in [-0.25, -0.2) is 9.78 Å². The number of benzene rings is 1. The molecule has 0 saturated carbocycles. The van der Waals surface area contributed by atoms with Crippen LogP contribution in [0, 0.1) is 0 Å². The molecule has 0 spiro atoms. The molecule has 0 aliphatic carbocycles. The molecule has 0 atom stereocenters. The Hall–Kier alpha value is -3.16. The summed E-state index contributed by atoms with van der Waals surface area (Å²) < 4.78 is 7.33. The Balaban J connectivity index is 1.91. The van der Waals surface area contributed by atoms with Crippen LogP contribution in [0.3, 0.4) is 0 Å². The average Bonchev–Trinajstić information content (AvgIpc) is 2.99. The van der Waals surface area contributed by atoms with E-state index in [1.165, 1.54) is 0 Å². The molecule has 0 fully saturated rings. The minimum atomic E-state index is -0.962. The van der Waals surface area contributed by atoms with Gasteiger partial charge in [-0.1, -0.05) is 25.5 Å². The van der Waals surface area contributed by atoms with Gasteiger partial charge in [-0.2, -0.15) is 9.97 Å². The fourth-order valence-corrected chi connectivity index (χ4v) is 2.43. The number of carbonyl (C=O) groups is 1. The Morgan fingerprint density at radius 1 is 1.36 bits per heavy atom. The summed E-state index contributed by atoms with van der Waals surface area (Å²) in [5.74, 6) is -0.704. The summed E-state index contributed by atoms with van der Waals surface area (Å²) >= 11 is 0. The van der Waals surface area contributed by atoms with E-state index in [1.54, 1.807) is 29.1 Å². The maximum atomic E-state index is 11.1. The molecular formula is C17H19N5O3. The molecule has 0 aliphatic heterocycles. The van der Waals surface area contributed by atoms with Crippen LogP contribution < -0.4 is 10.5 Å². The minimum Gasteiger partial charge on any atom is -0.478 e. The van der Waals surface area contributed by atoms with Crippen molar-refractivity contribution >= 4 is 23.0 Å². The maximum Gasteiger partial charge on any atom is 0.335 e. The lowest BCUT2D eigenvalue weighted by molar-refractivity contribution is 0.0696. The summed E-state index contributed by atoms with van der Waals surface area (Å²) in [6.45, 7) is 3.01. The Labute approximate surface area is 144 Å². The normalized spacial score (nSPS) is 10.9. The number of anilines is 1. The monoisotopic (exact) mass is 341 g/mol. The largest absolute Gasteiger partial charge is 0.478 e. The van der Waals surface area contributed by atoms with Gasteiger partial charge in [-0.05, 0) is 24.1 Å². The summed E-state index contributed by atoms with van der Waals surface area (Å²) in [7, 11) is 0. The fraction of sp³-hybridized carbons (Fsp3) is 0.294. The number of unbranched alkanes of at least 4 members (excludes halogenated alkanes) is 1. The highest BCUT2D eigenvalue weighted by Gasteiger charge is 2.13. The zero-order valence-electron chi connectivity index (χ0n) is 13.8. The van der Waals surface area contributed by atoms with E-state index in [0.29, 0.717) is 24.3 Å². The van der Waals surface area contributed by atoms with Gasteiger partial charge in [0.15, 0.2) is 17.0 Å². The molecule has 2 heterocycles. The van der Waals surface area contributed by atoms with Crippen molar-refractivity contribution in [3.8, 4) is 6.01 Å². The topological polar surface area (TPSA) is 116 Å². The van der Waals surface area contributed by atoms with Gasteiger partial charge in [0.2, 0.25) is 0 Å². The molecule has 2 aromatic heterocycles. The zero-order valence-corrected chi connectivity index (χ0v) is 13.8. The Kier molecular flexibility index (Phi) is 4.78. The second kappa shape index (κ2) is 7.16. The number of nitrogens with zero attached hydrogens (tertiary/aromatic N) is 4. The SMILES string of the molecule is CCCCOc1nc(N)c2ncn(Cc3cccc(C(=O)O)c3)c2n1. The first-order valence-corrected chi connectivity index (χ1v) is 8.02. The first-order chi connectivity index (χ1) is 12.1. The van der Waals surface area contributed by atoms with Crippen molar-refractivity contribution in [2.24, 2.45) is 0 Å². The van der Waals surface area contributed by atoms with E-state index in [2.05, 4.69) is 21.9 Å². The van der Waals surface area contributed by atoms with E-state index < -0.39 is 5.97 Å². The first kappa shape index (κ1) is 16.7. The molecule has 0 amide bonds. The van der Waals surface area contributed by atoms with Crippen LogP contribution in [-0.2, 0) is 6.54 Å². The number of nitrogen functional groups attached to an aromatic ring is 1. The predicted molar refractivity (Wildman–Crippen MR) is 92.6 cm³/mol. The molecule has 0 saturated heterocycles. The summed E-state index contributed by atoms with van der Waals surface area (Å²) in [6.07, 6.45) is 3.52. The lowest BCUT2D eigenvalue weighted by Crippen LogP contribution is -2.06. The highest BCUT2D eigenvalue weighted by molar-refractivity contribution is 5.87. The van der Waals surface area contributed by atoms with Crippen LogP contribution in [-0.4, -0.2) is 37.2 Å². The quantitative estimate of drug-likeness (QED) is 0.633. The van der Waals surface area contributed by atoms with Crippen LogP contribution in [0.15, 0.2) is 30.6 Å². The third-order valence-electron chi connectivity index (χ3n) is 3.73. The lowest BCUT2D eigenvalue weighted by atomic mass is 10.1. The van der Waals surface area contributed by atoms with Crippen LogP contribution in [0.25, 0.3) is 11.2 Å². The van der Waals surface area contributed by atoms with E-state index in [9.17, 15) is 4.79 Å². The first-order valence-electron chi connectivity index (χ1n) is 8.02. The Bertz CT molecular complexity index is 906. The molecule has 0 aliphatic rings. The van der Waals surface area contributed by atoms with Crippen molar-refractivity contribution in [1.29, 1.82) is 0 Å². The zero-order chi connectivity index (χ0) is 17.8. The van der Waals surface area contributed by atoms with Crippen molar-refractivity contribution in [3.05, 3.63) is 41.7 Å². The number of fused-ring (bicyclic) bond motifs is 1. The second-order valence-electron chi connectivity index (χ2n) is 5.64. The molecule has 0 bridgehead atoms. The Morgan fingerprint density at radius 3 is 2.96 bits per heavy atom. The van der Waals surface area contributed by atoms with Gasteiger partial charge in [-0.3, -0.25) is 0 Å². The summed E-state index contributed by atoms with van der Waals surface area (Å²) in [6, 6.07) is 6.95. The van der Waals surface area contributed by atoms with E-state index in [1.807, 2.05) is 6.07 Å². The van der Waals surface area contributed by atoms with Crippen LogP contribution in [0.1, 0.15) is 35.7 Å². The molecule has 3 rings (SSSR count). The molecule has 1 aromatic carbocycles. The third-order valence-corrected chi connectivity index (χ3v) is 3.73. The van der Waals surface area contributed by atoms with Gasteiger partial charge in [0.1, 0.15) is 0 Å². The number of carboxylic acid groups (broad SMARTS) is 1. The van der Waals surface area contributed by atoms with Crippen molar-refractivity contribution in [2.45, 2.75) is 26.3 Å². The molecule has 3 N–H and O–H groups in total. The van der Waals surface area contributed by atoms with Crippen molar-refractivity contribution in [3.63, 3.8) is 0 Å². The van der Waals surface area contributed by atoms with Gasteiger partial charge in [-0.15, -0.1) is 0 Å².